The number of carbonyl (C=O) groups is 1. The Bertz CT molecular complexity index is 905. The molecule has 0 saturated carbocycles. The van der Waals surface area contributed by atoms with Gasteiger partial charge in [-0.05, 0) is 30.9 Å². The predicted octanol–water partition coefficient (Wildman–Crippen LogP) is 4.88. The lowest BCUT2D eigenvalue weighted by molar-refractivity contribution is -0.122. The predicted molar refractivity (Wildman–Crippen MR) is 110 cm³/mol. The molecular weight excluding hydrogens is 350 g/mol. The molecule has 3 aromatic rings. The van der Waals surface area contributed by atoms with Crippen LogP contribution in [0.3, 0.4) is 0 Å². The van der Waals surface area contributed by atoms with E-state index in [4.69, 9.17) is 4.52 Å². The van der Waals surface area contributed by atoms with Gasteiger partial charge in [-0.1, -0.05) is 79.5 Å². The van der Waals surface area contributed by atoms with Gasteiger partial charge < -0.3 is 9.84 Å². The average molecular weight is 377 g/mol. The number of hydrogen-bond acceptors (Lipinski definition) is 4. The molecule has 146 valence electrons. The molecule has 0 aliphatic carbocycles. The second-order valence-electron chi connectivity index (χ2n) is 7.24. The summed E-state index contributed by atoms with van der Waals surface area (Å²) in [6.45, 7) is 6.20. The second kappa shape index (κ2) is 9.31. The SMILES string of the molecule is CC[C@@H](C)[C@@H](NC(=O)CCc1ccccc1)c1nc(-c2cccc(C)c2)no1. The number of hydrogen-bond donors (Lipinski definition) is 1. The van der Waals surface area contributed by atoms with Gasteiger partial charge >= 0.3 is 0 Å². The minimum atomic E-state index is -0.292. The van der Waals surface area contributed by atoms with Crippen molar-refractivity contribution in [3.05, 3.63) is 71.6 Å². The molecule has 5 heteroatoms. The fourth-order valence-electron chi connectivity index (χ4n) is 3.09. The maximum atomic E-state index is 12.5. The van der Waals surface area contributed by atoms with E-state index in [0.717, 1.165) is 23.1 Å². The van der Waals surface area contributed by atoms with Crippen molar-refractivity contribution in [1.82, 2.24) is 15.5 Å². The zero-order valence-corrected chi connectivity index (χ0v) is 16.7. The van der Waals surface area contributed by atoms with E-state index in [9.17, 15) is 4.79 Å². The third-order valence-corrected chi connectivity index (χ3v) is 5.00. The minimum absolute atomic E-state index is 0.00976. The monoisotopic (exact) mass is 377 g/mol. The Balaban J connectivity index is 1.71. The summed E-state index contributed by atoms with van der Waals surface area (Å²) in [4.78, 5) is 17.1. The summed E-state index contributed by atoms with van der Waals surface area (Å²) in [6, 6.07) is 17.7. The Morgan fingerprint density at radius 3 is 2.64 bits per heavy atom. The van der Waals surface area contributed by atoms with Gasteiger partial charge in [-0.3, -0.25) is 4.79 Å². The van der Waals surface area contributed by atoms with Crippen molar-refractivity contribution in [1.29, 1.82) is 0 Å². The number of nitrogens with zero attached hydrogens (tertiary/aromatic N) is 2. The number of aryl methyl sites for hydroxylation is 2. The van der Waals surface area contributed by atoms with E-state index in [1.165, 1.54) is 0 Å². The van der Waals surface area contributed by atoms with Crippen molar-refractivity contribution < 1.29 is 9.32 Å². The van der Waals surface area contributed by atoms with Crippen LogP contribution < -0.4 is 5.32 Å². The van der Waals surface area contributed by atoms with Crippen molar-refractivity contribution in [2.45, 2.75) is 46.1 Å². The number of rotatable bonds is 8. The molecule has 0 aliphatic rings. The molecule has 5 nitrogen and oxygen atoms in total. The van der Waals surface area contributed by atoms with Gasteiger partial charge in [-0.15, -0.1) is 0 Å². The molecule has 1 amide bonds. The number of nitrogens with one attached hydrogen (secondary N) is 1. The zero-order chi connectivity index (χ0) is 19.9. The zero-order valence-electron chi connectivity index (χ0n) is 16.7. The highest BCUT2D eigenvalue weighted by atomic mass is 16.5. The van der Waals surface area contributed by atoms with E-state index in [0.29, 0.717) is 24.6 Å². The van der Waals surface area contributed by atoms with Gasteiger partial charge in [0.2, 0.25) is 17.6 Å². The summed E-state index contributed by atoms with van der Waals surface area (Å²) < 4.78 is 5.53. The average Bonchev–Trinajstić information content (AvgIpc) is 3.20. The fraction of sp³-hybridized carbons (Fsp3) is 0.348. The van der Waals surface area contributed by atoms with Crippen LogP contribution in [0.4, 0.5) is 0 Å². The molecule has 1 N–H and O–H groups in total. The van der Waals surface area contributed by atoms with Crippen LogP contribution in [0.1, 0.15) is 49.7 Å². The van der Waals surface area contributed by atoms with E-state index < -0.39 is 0 Å². The molecule has 0 bridgehead atoms. The molecule has 2 atom stereocenters. The van der Waals surface area contributed by atoms with Crippen LogP contribution in [0.5, 0.6) is 0 Å². The van der Waals surface area contributed by atoms with Gasteiger partial charge in [0.15, 0.2) is 0 Å². The summed E-state index contributed by atoms with van der Waals surface area (Å²) in [7, 11) is 0. The lowest BCUT2D eigenvalue weighted by Gasteiger charge is -2.20. The molecule has 0 radical (unpaired) electrons. The van der Waals surface area contributed by atoms with E-state index in [-0.39, 0.29) is 17.9 Å². The van der Waals surface area contributed by atoms with Gasteiger partial charge in [-0.25, -0.2) is 0 Å². The van der Waals surface area contributed by atoms with Gasteiger partial charge in [0.25, 0.3) is 0 Å². The van der Waals surface area contributed by atoms with Crippen LogP contribution in [0.15, 0.2) is 59.1 Å². The molecule has 3 rings (SSSR count). The third kappa shape index (κ3) is 5.06. The molecule has 2 aromatic carbocycles. The van der Waals surface area contributed by atoms with Gasteiger partial charge in [0.05, 0.1) is 0 Å². The third-order valence-electron chi connectivity index (χ3n) is 5.00. The van der Waals surface area contributed by atoms with Crippen LogP contribution in [0, 0.1) is 12.8 Å². The Labute approximate surface area is 166 Å². The topological polar surface area (TPSA) is 68.0 Å². The van der Waals surface area contributed by atoms with Crippen molar-refractivity contribution in [2.24, 2.45) is 5.92 Å². The Morgan fingerprint density at radius 1 is 1.14 bits per heavy atom. The second-order valence-corrected chi connectivity index (χ2v) is 7.24. The Morgan fingerprint density at radius 2 is 1.93 bits per heavy atom. The first-order chi connectivity index (χ1) is 13.6. The Kier molecular flexibility index (Phi) is 6.58. The van der Waals surface area contributed by atoms with E-state index in [1.54, 1.807) is 0 Å². The van der Waals surface area contributed by atoms with Crippen molar-refractivity contribution >= 4 is 5.91 Å². The molecule has 0 spiro atoms. The molecule has 0 unspecified atom stereocenters. The lowest BCUT2D eigenvalue weighted by Crippen LogP contribution is -2.32. The first-order valence-electron chi connectivity index (χ1n) is 9.80. The summed E-state index contributed by atoms with van der Waals surface area (Å²) >= 11 is 0. The van der Waals surface area contributed by atoms with Crippen molar-refractivity contribution in [3.8, 4) is 11.4 Å². The van der Waals surface area contributed by atoms with Crippen LogP contribution in [-0.2, 0) is 11.2 Å². The first-order valence-corrected chi connectivity index (χ1v) is 9.80. The number of benzene rings is 2. The smallest absolute Gasteiger partial charge is 0.249 e. The number of amides is 1. The standard InChI is InChI=1S/C23H27N3O2/c1-4-17(3)21(24-20(27)14-13-18-10-6-5-7-11-18)23-25-22(26-28-23)19-12-8-9-16(2)15-19/h5-12,15,17,21H,4,13-14H2,1-3H3,(H,24,27)/t17-,21-/m1/s1. The fourth-order valence-corrected chi connectivity index (χ4v) is 3.09. The lowest BCUT2D eigenvalue weighted by atomic mass is 9.98. The molecule has 0 aliphatic heterocycles. The van der Waals surface area contributed by atoms with E-state index in [2.05, 4.69) is 29.3 Å². The summed E-state index contributed by atoms with van der Waals surface area (Å²) in [5.41, 5.74) is 3.20. The first kappa shape index (κ1) is 19.8. The summed E-state index contributed by atoms with van der Waals surface area (Å²) in [5.74, 6) is 1.18. The highest BCUT2D eigenvalue weighted by Crippen LogP contribution is 2.26. The molecule has 1 heterocycles. The van der Waals surface area contributed by atoms with E-state index >= 15 is 0 Å². The van der Waals surface area contributed by atoms with Gasteiger partial charge in [0, 0.05) is 12.0 Å². The maximum absolute atomic E-state index is 12.5. The number of aromatic nitrogens is 2. The van der Waals surface area contributed by atoms with Crippen LogP contribution >= 0.6 is 0 Å². The normalized spacial score (nSPS) is 13.1. The quantitative estimate of drug-likeness (QED) is 0.607. The molecule has 28 heavy (non-hydrogen) atoms. The molecular formula is C23H27N3O2. The highest BCUT2D eigenvalue weighted by Gasteiger charge is 2.26. The number of carbonyl (C=O) groups excluding carboxylic acids is 1. The van der Waals surface area contributed by atoms with Crippen LogP contribution in [0.25, 0.3) is 11.4 Å². The molecule has 1 aromatic heterocycles. The van der Waals surface area contributed by atoms with Crippen LogP contribution in [0.2, 0.25) is 0 Å². The van der Waals surface area contributed by atoms with Gasteiger partial charge in [0.1, 0.15) is 6.04 Å². The largest absolute Gasteiger partial charge is 0.344 e. The van der Waals surface area contributed by atoms with Crippen molar-refractivity contribution in [2.75, 3.05) is 0 Å². The summed E-state index contributed by atoms with van der Waals surface area (Å²) in [6.07, 6.45) is 2.03. The van der Waals surface area contributed by atoms with Crippen molar-refractivity contribution in [3.63, 3.8) is 0 Å². The maximum Gasteiger partial charge on any atom is 0.249 e. The Hall–Kier alpha value is -2.95. The summed E-state index contributed by atoms with van der Waals surface area (Å²) in [5, 5.41) is 7.22. The van der Waals surface area contributed by atoms with Crippen LogP contribution in [-0.4, -0.2) is 16.0 Å². The van der Waals surface area contributed by atoms with Gasteiger partial charge in [-0.2, -0.15) is 4.98 Å². The highest BCUT2D eigenvalue weighted by molar-refractivity contribution is 5.76. The van der Waals surface area contributed by atoms with E-state index in [1.807, 2.05) is 61.5 Å². The molecule has 0 fully saturated rings. The molecule has 0 saturated heterocycles. The minimum Gasteiger partial charge on any atom is -0.344 e.